The van der Waals surface area contributed by atoms with Crippen LogP contribution in [0.5, 0.6) is 0 Å². The topological polar surface area (TPSA) is 62.3 Å². The van der Waals surface area contributed by atoms with Gasteiger partial charge in [-0.3, -0.25) is 9.59 Å². The molecule has 0 spiro atoms. The minimum absolute atomic E-state index is 0.124. The second kappa shape index (κ2) is 9.23. The van der Waals surface area contributed by atoms with Gasteiger partial charge in [-0.2, -0.15) is 0 Å². The Labute approximate surface area is 166 Å². The van der Waals surface area contributed by atoms with E-state index in [0.29, 0.717) is 17.8 Å². The van der Waals surface area contributed by atoms with Crippen LogP contribution >= 0.6 is 11.3 Å². The highest BCUT2D eigenvalue weighted by atomic mass is 32.1. The summed E-state index contributed by atoms with van der Waals surface area (Å²) in [5, 5.41) is 5.57. The summed E-state index contributed by atoms with van der Waals surface area (Å²) >= 11 is 1.51. The van der Waals surface area contributed by atoms with Crippen LogP contribution < -0.4 is 10.2 Å². The number of amides is 2. The second-order valence-electron chi connectivity index (χ2n) is 6.19. The Morgan fingerprint density at radius 3 is 2.46 bits per heavy atom. The largest absolute Gasteiger partial charge is 0.352 e. The van der Waals surface area contributed by atoms with Gasteiger partial charge in [0.15, 0.2) is 0 Å². The maximum atomic E-state index is 13.3. The highest BCUT2D eigenvalue weighted by Gasteiger charge is 2.18. The molecule has 1 N–H and O–H groups in total. The summed E-state index contributed by atoms with van der Waals surface area (Å²) in [4.78, 5) is 30.9. The molecule has 1 heterocycles. The molecule has 0 aliphatic rings. The predicted molar refractivity (Wildman–Crippen MR) is 108 cm³/mol. The summed E-state index contributed by atoms with van der Waals surface area (Å²) < 4.78 is 13.3. The molecule has 5 nitrogen and oxygen atoms in total. The summed E-state index contributed by atoms with van der Waals surface area (Å²) in [6.45, 7) is 2.40. The van der Waals surface area contributed by atoms with Crippen molar-refractivity contribution in [3.05, 3.63) is 82.1 Å². The molecule has 2 amide bonds. The lowest BCUT2D eigenvalue weighted by molar-refractivity contribution is -0.118. The van der Waals surface area contributed by atoms with E-state index >= 15 is 0 Å². The molecule has 0 saturated carbocycles. The van der Waals surface area contributed by atoms with Gasteiger partial charge in [-0.1, -0.05) is 18.2 Å². The maximum absolute atomic E-state index is 13.3. The van der Waals surface area contributed by atoms with E-state index in [1.54, 1.807) is 41.3 Å². The van der Waals surface area contributed by atoms with Crippen molar-refractivity contribution in [3.8, 4) is 0 Å². The summed E-state index contributed by atoms with van der Waals surface area (Å²) in [5.74, 6) is -0.766. The quantitative estimate of drug-likeness (QED) is 0.657. The number of carbonyl (C=O) groups is 2. The molecule has 0 radical (unpaired) electrons. The van der Waals surface area contributed by atoms with Crippen LogP contribution in [0, 0.1) is 12.7 Å². The van der Waals surface area contributed by atoms with E-state index in [9.17, 15) is 14.0 Å². The number of rotatable bonds is 7. The number of halogens is 1. The number of benzene rings is 2. The summed E-state index contributed by atoms with van der Waals surface area (Å²) in [6.07, 6.45) is 0.124. The fourth-order valence-electron chi connectivity index (χ4n) is 2.70. The monoisotopic (exact) mass is 397 g/mol. The Bertz CT molecular complexity index is 942. The number of hydrogen-bond acceptors (Lipinski definition) is 4. The van der Waals surface area contributed by atoms with Crippen LogP contribution in [0.25, 0.3) is 0 Å². The van der Waals surface area contributed by atoms with Crippen LogP contribution in [-0.4, -0.2) is 23.3 Å². The number of thiazole rings is 1. The van der Waals surface area contributed by atoms with Crippen molar-refractivity contribution in [2.45, 2.75) is 19.9 Å². The Hall–Kier alpha value is -3.06. The maximum Gasteiger partial charge on any atom is 0.251 e. The highest BCUT2D eigenvalue weighted by molar-refractivity contribution is 7.09. The zero-order chi connectivity index (χ0) is 19.9. The first kappa shape index (κ1) is 19.7. The Morgan fingerprint density at radius 1 is 1.11 bits per heavy atom. The number of hydrogen-bond donors (Lipinski definition) is 1. The molecule has 0 saturated heterocycles. The fraction of sp³-hybridized carbons (Fsp3) is 0.190. The SMILES string of the molecule is Cc1nc(CN(C(=O)CCNC(=O)c2ccccc2)c2ccc(F)cc2)cs1. The van der Waals surface area contributed by atoms with E-state index in [1.165, 1.54) is 23.5 Å². The number of nitrogens with one attached hydrogen (secondary N) is 1. The third-order valence-electron chi connectivity index (χ3n) is 4.09. The number of anilines is 1. The number of aromatic nitrogens is 1. The number of nitrogens with zero attached hydrogens (tertiary/aromatic N) is 2. The van der Waals surface area contributed by atoms with Crippen molar-refractivity contribution < 1.29 is 14.0 Å². The van der Waals surface area contributed by atoms with Gasteiger partial charge >= 0.3 is 0 Å². The number of aryl methyl sites for hydroxylation is 1. The molecule has 0 unspecified atom stereocenters. The van der Waals surface area contributed by atoms with Crippen molar-refractivity contribution in [1.29, 1.82) is 0 Å². The molecule has 3 aromatic rings. The van der Waals surface area contributed by atoms with E-state index < -0.39 is 0 Å². The summed E-state index contributed by atoms with van der Waals surface area (Å²) in [6, 6.07) is 14.6. The van der Waals surface area contributed by atoms with Gasteiger partial charge in [0, 0.05) is 29.6 Å². The first-order valence-corrected chi connectivity index (χ1v) is 9.71. The highest BCUT2D eigenvalue weighted by Crippen LogP contribution is 2.20. The first-order valence-electron chi connectivity index (χ1n) is 8.83. The van der Waals surface area contributed by atoms with Crippen LogP contribution in [0.3, 0.4) is 0 Å². The van der Waals surface area contributed by atoms with Crippen molar-refractivity contribution in [2.24, 2.45) is 0 Å². The Balaban J connectivity index is 1.66. The molecule has 3 rings (SSSR count). The molecule has 1 aromatic heterocycles. The molecule has 28 heavy (non-hydrogen) atoms. The lowest BCUT2D eigenvalue weighted by Gasteiger charge is -2.22. The molecule has 0 atom stereocenters. The molecular weight excluding hydrogens is 377 g/mol. The fourth-order valence-corrected chi connectivity index (χ4v) is 3.30. The first-order chi connectivity index (χ1) is 13.5. The molecule has 144 valence electrons. The summed E-state index contributed by atoms with van der Waals surface area (Å²) in [5.41, 5.74) is 1.91. The molecule has 0 fully saturated rings. The molecular formula is C21H20FN3O2S. The Kier molecular flexibility index (Phi) is 6.49. The van der Waals surface area contributed by atoms with Crippen LogP contribution in [0.2, 0.25) is 0 Å². The smallest absolute Gasteiger partial charge is 0.251 e. The average molecular weight is 397 g/mol. The lowest BCUT2D eigenvalue weighted by atomic mass is 10.2. The minimum atomic E-state index is -0.365. The third-order valence-corrected chi connectivity index (χ3v) is 4.91. The van der Waals surface area contributed by atoms with E-state index in [0.717, 1.165) is 10.7 Å². The zero-order valence-electron chi connectivity index (χ0n) is 15.4. The van der Waals surface area contributed by atoms with Crippen molar-refractivity contribution in [1.82, 2.24) is 10.3 Å². The van der Waals surface area contributed by atoms with E-state index in [1.807, 2.05) is 18.4 Å². The lowest BCUT2D eigenvalue weighted by Crippen LogP contribution is -2.34. The van der Waals surface area contributed by atoms with Gasteiger partial charge in [-0.05, 0) is 43.3 Å². The van der Waals surface area contributed by atoms with E-state index in [4.69, 9.17) is 0 Å². The average Bonchev–Trinajstić information content (AvgIpc) is 3.12. The van der Waals surface area contributed by atoms with Crippen LogP contribution in [-0.2, 0) is 11.3 Å². The zero-order valence-corrected chi connectivity index (χ0v) is 16.2. The standard InChI is InChI=1S/C21H20FN3O2S/c1-15-24-18(14-28-15)13-25(19-9-7-17(22)8-10-19)20(26)11-12-23-21(27)16-5-3-2-4-6-16/h2-10,14H,11-13H2,1H3,(H,23,27). The normalized spacial score (nSPS) is 10.5. The van der Waals surface area contributed by atoms with Crippen LogP contribution in [0.1, 0.15) is 27.5 Å². The van der Waals surface area contributed by atoms with Crippen LogP contribution in [0.4, 0.5) is 10.1 Å². The minimum Gasteiger partial charge on any atom is -0.352 e. The Morgan fingerprint density at radius 2 is 1.82 bits per heavy atom. The van der Waals surface area contributed by atoms with Crippen molar-refractivity contribution in [2.75, 3.05) is 11.4 Å². The molecule has 7 heteroatoms. The van der Waals surface area contributed by atoms with Gasteiger partial charge in [0.25, 0.3) is 5.91 Å². The second-order valence-corrected chi connectivity index (χ2v) is 7.25. The van der Waals surface area contributed by atoms with Gasteiger partial charge in [0.1, 0.15) is 5.82 Å². The third kappa shape index (κ3) is 5.23. The van der Waals surface area contributed by atoms with Gasteiger partial charge < -0.3 is 10.2 Å². The molecule has 0 aliphatic carbocycles. The van der Waals surface area contributed by atoms with Gasteiger partial charge in [-0.15, -0.1) is 11.3 Å². The van der Waals surface area contributed by atoms with Gasteiger partial charge in [0.2, 0.25) is 5.91 Å². The number of carbonyl (C=O) groups excluding carboxylic acids is 2. The molecule has 0 bridgehead atoms. The van der Waals surface area contributed by atoms with Crippen molar-refractivity contribution >= 4 is 28.8 Å². The summed E-state index contributed by atoms with van der Waals surface area (Å²) in [7, 11) is 0. The predicted octanol–water partition coefficient (Wildman–Crippen LogP) is 3.94. The van der Waals surface area contributed by atoms with E-state index in [2.05, 4.69) is 10.3 Å². The van der Waals surface area contributed by atoms with E-state index in [-0.39, 0.29) is 30.6 Å². The van der Waals surface area contributed by atoms with Gasteiger partial charge in [-0.25, -0.2) is 9.37 Å². The van der Waals surface area contributed by atoms with Gasteiger partial charge in [0.05, 0.1) is 17.2 Å². The van der Waals surface area contributed by atoms with Crippen LogP contribution in [0.15, 0.2) is 60.0 Å². The molecule has 0 aliphatic heterocycles. The van der Waals surface area contributed by atoms with Crippen molar-refractivity contribution in [3.63, 3.8) is 0 Å². The molecule has 2 aromatic carbocycles.